The number of pyridine rings is 1. The second-order valence-corrected chi connectivity index (χ2v) is 5.45. The molecule has 0 amide bonds. The Kier molecular flexibility index (Phi) is 4.56. The largest absolute Gasteiger partial charge is 0.491 e. The first-order valence-electron chi connectivity index (χ1n) is 5.76. The van der Waals surface area contributed by atoms with Crippen molar-refractivity contribution >= 4 is 34.8 Å². The van der Waals surface area contributed by atoms with Crippen molar-refractivity contribution in [1.82, 2.24) is 4.98 Å². The Bertz CT molecular complexity index is 582. The minimum atomic E-state index is 0.137. The molecule has 1 heterocycles. The van der Waals surface area contributed by atoms with E-state index in [4.69, 9.17) is 39.5 Å². The molecule has 1 aromatic carbocycles. The third-order valence-corrected chi connectivity index (χ3v) is 3.35. The average molecular weight is 317 g/mol. The zero-order chi connectivity index (χ0) is 14.0. The van der Waals surface area contributed by atoms with Crippen LogP contribution < -0.4 is 4.74 Å². The lowest BCUT2D eigenvalue weighted by Crippen LogP contribution is -2.05. The first-order chi connectivity index (χ1) is 8.97. The van der Waals surface area contributed by atoms with E-state index in [9.17, 15) is 0 Å². The van der Waals surface area contributed by atoms with Crippen molar-refractivity contribution in [2.24, 2.45) is 0 Å². The third-order valence-electron chi connectivity index (χ3n) is 2.39. The molecule has 0 saturated heterocycles. The number of hydrogen-bond donors (Lipinski definition) is 0. The van der Waals surface area contributed by atoms with Gasteiger partial charge in [0.1, 0.15) is 10.9 Å². The number of halogens is 3. The minimum Gasteiger partial charge on any atom is -0.491 e. The Hall–Kier alpha value is -0.960. The summed E-state index contributed by atoms with van der Waals surface area (Å²) in [5.41, 5.74) is 1.46. The normalized spacial score (nSPS) is 10.8. The topological polar surface area (TPSA) is 22.1 Å². The van der Waals surface area contributed by atoms with Crippen molar-refractivity contribution < 1.29 is 4.74 Å². The highest BCUT2D eigenvalue weighted by Gasteiger charge is 2.10. The molecule has 0 aliphatic heterocycles. The predicted molar refractivity (Wildman–Crippen MR) is 80.5 cm³/mol. The average Bonchev–Trinajstić information content (AvgIpc) is 2.34. The second kappa shape index (κ2) is 6.00. The maximum absolute atomic E-state index is 6.12. The molecule has 0 radical (unpaired) electrons. The van der Waals surface area contributed by atoms with Crippen LogP contribution in [-0.2, 0) is 0 Å². The lowest BCUT2D eigenvalue weighted by Gasteiger charge is -2.10. The summed E-state index contributed by atoms with van der Waals surface area (Å²) < 4.78 is 5.58. The Morgan fingerprint density at radius 3 is 2.21 bits per heavy atom. The maximum Gasteiger partial charge on any atom is 0.148 e. The summed E-state index contributed by atoms with van der Waals surface area (Å²) in [6, 6.07) is 9.10. The third kappa shape index (κ3) is 3.53. The molecule has 0 atom stereocenters. The molecule has 0 N–H and O–H groups in total. The second-order valence-electron chi connectivity index (χ2n) is 4.28. The highest BCUT2D eigenvalue weighted by molar-refractivity contribution is 6.42. The predicted octanol–water partition coefficient (Wildman–Crippen LogP) is 5.50. The number of ether oxygens (including phenoxy) is 1. The minimum absolute atomic E-state index is 0.137. The molecular weight excluding hydrogens is 305 g/mol. The summed E-state index contributed by atoms with van der Waals surface area (Å²) in [5.74, 6) is 0.801. The van der Waals surface area contributed by atoms with E-state index < -0.39 is 0 Å². The van der Waals surface area contributed by atoms with E-state index in [-0.39, 0.29) is 11.3 Å². The summed E-state index contributed by atoms with van der Waals surface area (Å²) in [4.78, 5) is 4.19. The molecule has 2 nitrogen and oxygen atoms in total. The van der Waals surface area contributed by atoms with Crippen molar-refractivity contribution in [2.75, 3.05) is 0 Å². The van der Waals surface area contributed by atoms with Crippen LogP contribution in [0.1, 0.15) is 13.8 Å². The van der Waals surface area contributed by atoms with Crippen molar-refractivity contribution in [3.8, 4) is 17.0 Å². The van der Waals surface area contributed by atoms with E-state index in [0.29, 0.717) is 15.7 Å². The zero-order valence-electron chi connectivity index (χ0n) is 10.5. The van der Waals surface area contributed by atoms with Gasteiger partial charge in [0.2, 0.25) is 0 Å². The Morgan fingerprint density at radius 1 is 1.00 bits per heavy atom. The van der Waals surface area contributed by atoms with Crippen molar-refractivity contribution in [1.29, 1.82) is 0 Å². The Labute approximate surface area is 127 Å². The van der Waals surface area contributed by atoms with Gasteiger partial charge in [0.05, 0.1) is 21.8 Å². The highest BCUT2D eigenvalue weighted by Crippen LogP contribution is 2.32. The number of nitrogens with zero attached hydrogens (tertiary/aromatic N) is 1. The summed E-state index contributed by atoms with van der Waals surface area (Å²) in [5, 5.41) is 1.05. The van der Waals surface area contributed by atoms with Gasteiger partial charge in [0.25, 0.3) is 0 Å². The molecule has 0 unspecified atom stereocenters. The molecular formula is C14H12Cl3NO. The van der Waals surface area contributed by atoms with Crippen LogP contribution in [-0.4, -0.2) is 11.1 Å². The van der Waals surface area contributed by atoms with Gasteiger partial charge >= 0.3 is 0 Å². The zero-order valence-corrected chi connectivity index (χ0v) is 12.7. The van der Waals surface area contributed by atoms with Crippen LogP contribution >= 0.6 is 34.8 Å². The van der Waals surface area contributed by atoms with Gasteiger partial charge in [-0.15, -0.1) is 0 Å². The van der Waals surface area contributed by atoms with Crippen molar-refractivity contribution in [2.45, 2.75) is 20.0 Å². The SMILES string of the molecule is CC(C)Oc1ccc(-c2nc(Cl)c(Cl)cc2Cl)cc1. The molecule has 5 heteroatoms. The van der Waals surface area contributed by atoms with Crippen LogP contribution in [0.3, 0.4) is 0 Å². The van der Waals surface area contributed by atoms with E-state index >= 15 is 0 Å². The lowest BCUT2D eigenvalue weighted by molar-refractivity contribution is 0.242. The van der Waals surface area contributed by atoms with Crippen LogP contribution in [0, 0.1) is 0 Å². The van der Waals surface area contributed by atoms with Crippen molar-refractivity contribution in [3.05, 3.63) is 45.5 Å². The van der Waals surface area contributed by atoms with E-state index in [2.05, 4.69) is 4.98 Å². The van der Waals surface area contributed by atoms with Crippen molar-refractivity contribution in [3.63, 3.8) is 0 Å². The molecule has 0 saturated carbocycles. The van der Waals surface area contributed by atoms with Gasteiger partial charge in [0.15, 0.2) is 0 Å². The number of hydrogen-bond acceptors (Lipinski definition) is 2. The summed E-state index contributed by atoms with van der Waals surface area (Å²) >= 11 is 17.9. The Morgan fingerprint density at radius 2 is 1.63 bits per heavy atom. The van der Waals surface area contributed by atoms with Gasteiger partial charge in [0, 0.05) is 5.56 Å². The summed E-state index contributed by atoms with van der Waals surface area (Å²) in [6.07, 6.45) is 0.137. The lowest BCUT2D eigenvalue weighted by atomic mass is 10.1. The van der Waals surface area contributed by atoms with Crippen LogP contribution in [0.5, 0.6) is 5.75 Å². The first kappa shape index (κ1) is 14.4. The molecule has 0 spiro atoms. The molecule has 19 heavy (non-hydrogen) atoms. The number of rotatable bonds is 3. The molecule has 1 aromatic heterocycles. The smallest absolute Gasteiger partial charge is 0.148 e. The summed E-state index contributed by atoms with van der Waals surface area (Å²) in [7, 11) is 0. The van der Waals surface area contributed by atoms with Gasteiger partial charge < -0.3 is 4.74 Å². The molecule has 2 rings (SSSR count). The van der Waals surface area contributed by atoms with Crippen LogP contribution in [0.25, 0.3) is 11.3 Å². The molecule has 2 aromatic rings. The van der Waals surface area contributed by atoms with Gasteiger partial charge in [-0.2, -0.15) is 0 Å². The first-order valence-corrected chi connectivity index (χ1v) is 6.89. The van der Waals surface area contributed by atoms with E-state index in [1.54, 1.807) is 6.07 Å². The molecule has 0 bridgehead atoms. The fourth-order valence-corrected chi connectivity index (χ4v) is 2.22. The maximum atomic E-state index is 6.12. The molecule has 100 valence electrons. The molecule has 0 fully saturated rings. The number of benzene rings is 1. The molecule has 0 aliphatic carbocycles. The highest BCUT2D eigenvalue weighted by atomic mass is 35.5. The van der Waals surface area contributed by atoms with E-state index in [1.165, 1.54) is 0 Å². The fraction of sp³-hybridized carbons (Fsp3) is 0.214. The van der Waals surface area contributed by atoms with Gasteiger partial charge in [-0.05, 0) is 44.2 Å². The van der Waals surface area contributed by atoms with Crippen LogP contribution in [0.4, 0.5) is 0 Å². The Balaban J connectivity index is 2.34. The van der Waals surface area contributed by atoms with Gasteiger partial charge in [-0.25, -0.2) is 4.98 Å². The van der Waals surface area contributed by atoms with Crippen LogP contribution in [0.15, 0.2) is 30.3 Å². The monoisotopic (exact) mass is 315 g/mol. The number of aromatic nitrogens is 1. The summed E-state index contributed by atoms with van der Waals surface area (Å²) in [6.45, 7) is 3.95. The molecule has 0 aliphatic rings. The van der Waals surface area contributed by atoms with Gasteiger partial charge in [-0.3, -0.25) is 0 Å². The fourth-order valence-electron chi connectivity index (χ4n) is 1.61. The standard InChI is InChI=1S/C14H12Cl3NO/c1-8(2)19-10-5-3-9(4-6-10)13-11(15)7-12(16)14(17)18-13/h3-8H,1-2H3. The van der Waals surface area contributed by atoms with Gasteiger partial charge in [-0.1, -0.05) is 34.8 Å². The van der Waals surface area contributed by atoms with E-state index in [0.717, 1.165) is 11.3 Å². The van der Waals surface area contributed by atoms with E-state index in [1.807, 2.05) is 38.1 Å². The quantitative estimate of drug-likeness (QED) is 0.698. The van der Waals surface area contributed by atoms with Crippen LogP contribution in [0.2, 0.25) is 15.2 Å².